The number of carbonyl (C=O) groups excluding carboxylic acids is 3. The largest absolute Gasteiger partial charge is 0.462 e. The first kappa shape index (κ1) is 80.4. The highest BCUT2D eigenvalue weighted by Gasteiger charge is 2.19. The molecule has 6 heteroatoms. The number of hydrogen-bond donors (Lipinski definition) is 0. The van der Waals surface area contributed by atoms with Crippen LogP contribution in [0.4, 0.5) is 0 Å². The molecule has 0 amide bonds. The first-order chi connectivity index (χ1) is 41.0. The molecule has 0 aliphatic heterocycles. The molecule has 1 atom stereocenters. The molecular weight excluding hydrogens is 1020 g/mol. The molecule has 0 aromatic rings. The standard InChI is InChI=1S/C77H142O6/c1-4-7-10-13-16-19-22-25-28-29-30-31-32-33-34-35-36-37-38-39-40-41-42-43-44-45-46-47-50-52-55-58-61-64-67-70-76(79)82-73-74(83-77(80)71-68-65-62-59-56-53-49-27-24-21-18-15-12-9-6-3)72-81-75(78)69-66-63-60-57-54-51-48-26-23-20-17-14-11-8-5-2/h18,21,26-27,29-30,48-49,74H,4-17,19-20,22-25,28,31-47,50-73H2,1-3H3/b21-18-,30-29-,48-26-,49-27-. The maximum absolute atomic E-state index is 12.9. The third-order valence-electron chi connectivity index (χ3n) is 16.8. The minimum Gasteiger partial charge on any atom is -0.462 e. The Labute approximate surface area is 518 Å². The van der Waals surface area contributed by atoms with Gasteiger partial charge in [0.15, 0.2) is 6.10 Å². The number of rotatable bonds is 69. The second kappa shape index (κ2) is 71.8. The Hall–Kier alpha value is -2.63. The van der Waals surface area contributed by atoms with Gasteiger partial charge in [0.1, 0.15) is 13.2 Å². The smallest absolute Gasteiger partial charge is 0.306 e. The summed E-state index contributed by atoms with van der Waals surface area (Å²) < 4.78 is 17.0. The zero-order valence-corrected chi connectivity index (χ0v) is 56.0. The lowest BCUT2D eigenvalue weighted by atomic mass is 10.0. The van der Waals surface area contributed by atoms with E-state index in [2.05, 4.69) is 69.4 Å². The van der Waals surface area contributed by atoms with Crippen molar-refractivity contribution in [2.45, 2.75) is 412 Å². The molecule has 1 unspecified atom stereocenters. The number of carbonyl (C=O) groups is 3. The van der Waals surface area contributed by atoms with Crippen LogP contribution in [0.15, 0.2) is 48.6 Å². The van der Waals surface area contributed by atoms with E-state index in [1.807, 2.05) is 0 Å². The van der Waals surface area contributed by atoms with Gasteiger partial charge in [-0.2, -0.15) is 0 Å². The van der Waals surface area contributed by atoms with Crippen molar-refractivity contribution in [3.8, 4) is 0 Å². The van der Waals surface area contributed by atoms with Gasteiger partial charge < -0.3 is 14.2 Å². The molecule has 0 aliphatic carbocycles. The molecule has 0 rings (SSSR count). The average Bonchev–Trinajstić information content (AvgIpc) is 3.50. The molecule has 0 bridgehead atoms. The van der Waals surface area contributed by atoms with Crippen LogP contribution in [0.1, 0.15) is 406 Å². The normalized spacial score (nSPS) is 12.3. The summed E-state index contributed by atoms with van der Waals surface area (Å²) >= 11 is 0. The van der Waals surface area contributed by atoms with Crippen molar-refractivity contribution in [1.82, 2.24) is 0 Å². The van der Waals surface area contributed by atoms with E-state index in [-0.39, 0.29) is 31.1 Å². The molecule has 0 fully saturated rings. The fourth-order valence-electron chi connectivity index (χ4n) is 11.2. The summed E-state index contributed by atoms with van der Waals surface area (Å²) in [5, 5.41) is 0. The summed E-state index contributed by atoms with van der Waals surface area (Å²) in [6.45, 7) is 6.65. The molecular formula is C77H142O6. The predicted octanol–water partition coefficient (Wildman–Crippen LogP) is 25.7. The SMILES string of the molecule is CCCCC/C=C\C/C=C\CCCCCCCC(=O)OC(COC(=O)CCCCCCC/C=C\CCCCCCCC)COC(=O)CCCCCCCCCCCCCCCCCCCCCCCCC/C=C\CCCCCCCCCC. The fourth-order valence-corrected chi connectivity index (χ4v) is 11.2. The molecule has 0 N–H and O–H groups in total. The lowest BCUT2D eigenvalue weighted by molar-refractivity contribution is -0.167. The highest BCUT2D eigenvalue weighted by molar-refractivity contribution is 5.71. The molecule has 0 aliphatic rings. The number of allylic oxidation sites excluding steroid dienone is 8. The predicted molar refractivity (Wildman–Crippen MR) is 362 cm³/mol. The van der Waals surface area contributed by atoms with Crippen LogP contribution in [-0.2, 0) is 28.6 Å². The zero-order chi connectivity index (χ0) is 59.9. The summed E-state index contributed by atoms with van der Waals surface area (Å²) in [5.74, 6) is -0.876. The van der Waals surface area contributed by atoms with Gasteiger partial charge in [0.05, 0.1) is 0 Å². The van der Waals surface area contributed by atoms with Crippen molar-refractivity contribution in [2.24, 2.45) is 0 Å². The van der Waals surface area contributed by atoms with E-state index in [9.17, 15) is 14.4 Å². The number of ether oxygens (including phenoxy) is 3. The van der Waals surface area contributed by atoms with Crippen LogP contribution in [-0.4, -0.2) is 37.2 Å². The third kappa shape index (κ3) is 70.0. The van der Waals surface area contributed by atoms with Gasteiger partial charge in [-0.3, -0.25) is 14.4 Å². The number of unbranched alkanes of at least 4 members (excludes halogenated alkanes) is 50. The molecule has 0 heterocycles. The monoisotopic (exact) mass is 1160 g/mol. The summed E-state index contributed by atoms with van der Waals surface area (Å²) in [7, 11) is 0. The lowest BCUT2D eigenvalue weighted by Gasteiger charge is -2.18. The van der Waals surface area contributed by atoms with Crippen molar-refractivity contribution >= 4 is 17.9 Å². The van der Waals surface area contributed by atoms with Crippen molar-refractivity contribution in [2.75, 3.05) is 13.2 Å². The van der Waals surface area contributed by atoms with Crippen LogP contribution >= 0.6 is 0 Å². The van der Waals surface area contributed by atoms with Gasteiger partial charge in [0.25, 0.3) is 0 Å². The molecule has 0 spiro atoms. The quantitative estimate of drug-likeness (QED) is 0.0261. The van der Waals surface area contributed by atoms with Crippen LogP contribution in [0, 0.1) is 0 Å². The minimum atomic E-state index is -0.783. The van der Waals surface area contributed by atoms with Crippen LogP contribution in [0.5, 0.6) is 0 Å². The molecule has 0 aromatic heterocycles. The average molecular weight is 1160 g/mol. The second-order valence-electron chi connectivity index (χ2n) is 25.2. The first-order valence-electron chi connectivity index (χ1n) is 37.1. The van der Waals surface area contributed by atoms with Gasteiger partial charge in [-0.25, -0.2) is 0 Å². The maximum Gasteiger partial charge on any atom is 0.306 e. The highest BCUT2D eigenvalue weighted by atomic mass is 16.6. The molecule has 0 aromatic carbocycles. The Morgan fingerprint density at radius 3 is 0.699 bits per heavy atom. The number of hydrogen-bond acceptors (Lipinski definition) is 6. The van der Waals surface area contributed by atoms with Crippen LogP contribution in [0.2, 0.25) is 0 Å². The Balaban J connectivity index is 4.09. The van der Waals surface area contributed by atoms with Crippen molar-refractivity contribution < 1.29 is 28.6 Å². The summed E-state index contributed by atoms with van der Waals surface area (Å²) in [6, 6.07) is 0. The summed E-state index contributed by atoms with van der Waals surface area (Å²) in [6.07, 6.45) is 91.7. The van der Waals surface area contributed by atoms with Crippen molar-refractivity contribution in [3.63, 3.8) is 0 Å². The summed E-state index contributed by atoms with van der Waals surface area (Å²) in [4.78, 5) is 38.4. The van der Waals surface area contributed by atoms with Crippen LogP contribution in [0.25, 0.3) is 0 Å². The van der Waals surface area contributed by atoms with Gasteiger partial charge in [0.2, 0.25) is 0 Å². The van der Waals surface area contributed by atoms with Crippen molar-refractivity contribution in [3.05, 3.63) is 48.6 Å². The van der Waals surface area contributed by atoms with E-state index in [1.165, 1.54) is 276 Å². The first-order valence-corrected chi connectivity index (χ1v) is 37.1. The van der Waals surface area contributed by atoms with E-state index in [0.717, 1.165) is 89.9 Å². The van der Waals surface area contributed by atoms with E-state index >= 15 is 0 Å². The van der Waals surface area contributed by atoms with Gasteiger partial charge in [-0.05, 0) is 103 Å². The van der Waals surface area contributed by atoms with Gasteiger partial charge in [0, 0.05) is 19.3 Å². The molecule has 83 heavy (non-hydrogen) atoms. The minimum absolute atomic E-state index is 0.0774. The molecule has 486 valence electrons. The Kier molecular flexibility index (Phi) is 69.6. The number of esters is 3. The van der Waals surface area contributed by atoms with Gasteiger partial charge in [-0.1, -0.05) is 333 Å². The Morgan fingerprint density at radius 2 is 0.434 bits per heavy atom. The topological polar surface area (TPSA) is 78.9 Å². The van der Waals surface area contributed by atoms with Gasteiger partial charge >= 0.3 is 17.9 Å². The van der Waals surface area contributed by atoms with Crippen LogP contribution < -0.4 is 0 Å². The Morgan fingerprint density at radius 1 is 0.241 bits per heavy atom. The van der Waals surface area contributed by atoms with E-state index < -0.39 is 6.10 Å². The summed E-state index contributed by atoms with van der Waals surface area (Å²) in [5.41, 5.74) is 0. The molecule has 0 saturated carbocycles. The fraction of sp³-hybridized carbons (Fsp3) is 0.857. The molecule has 0 saturated heterocycles. The molecule has 0 radical (unpaired) electrons. The van der Waals surface area contributed by atoms with Crippen LogP contribution in [0.3, 0.4) is 0 Å². The Bertz CT molecular complexity index is 1430. The van der Waals surface area contributed by atoms with E-state index in [4.69, 9.17) is 14.2 Å². The van der Waals surface area contributed by atoms with E-state index in [1.54, 1.807) is 0 Å². The highest BCUT2D eigenvalue weighted by Crippen LogP contribution is 2.18. The zero-order valence-electron chi connectivity index (χ0n) is 56.0. The maximum atomic E-state index is 12.9. The lowest BCUT2D eigenvalue weighted by Crippen LogP contribution is -2.30. The van der Waals surface area contributed by atoms with Gasteiger partial charge in [-0.15, -0.1) is 0 Å². The third-order valence-corrected chi connectivity index (χ3v) is 16.8. The van der Waals surface area contributed by atoms with Crippen molar-refractivity contribution in [1.29, 1.82) is 0 Å². The second-order valence-corrected chi connectivity index (χ2v) is 25.2. The molecule has 6 nitrogen and oxygen atoms in total. The van der Waals surface area contributed by atoms with E-state index in [0.29, 0.717) is 19.3 Å².